The molecule has 0 bridgehead atoms. The van der Waals surface area contributed by atoms with E-state index in [1.165, 1.54) is 11.1 Å². The summed E-state index contributed by atoms with van der Waals surface area (Å²) in [6, 6.07) is 25.6. The SMILES string of the molecule is Cc1cccc(C2[C@@H](C(=O)c3ccccc3)CN(CCCN3CCOCC3)C[C@H]2C(=O)c2ccccc2)c1C. The lowest BCUT2D eigenvalue weighted by atomic mass is 9.67. The molecule has 3 atom stereocenters. The first kappa shape index (κ1) is 27.4. The van der Waals surface area contributed by atoms with E-state index < -0.39 is 0 Å². The molecule has 3 aromatic rings. The molecule has 0 amide bonds. The first-order valence-electron chi connectivity index (χ1n) is 14.3. The number of likely N-dealkylation sites (tertiary alicyclic amines) is 1. The highest BCUT2D eigenvalue weighted by molar-refractivity contribution is 6.02. The number of Topliss-reactive ketones (excluding diaryl/α,β-unsaturated/α-hetero) is 2. The lowest BCUT2D eigenvalue weighted by molar-refractivity contribution is 0.0331. The molecule has 39 heavy (non-hydrogen) atoms. The second-order valence-electron chi connectivity index (χ2n) is 11.1. The van der Waals surface area contributed by atoms with E-state index >= 15 is 0 Å². The Morgan fingerprint density at radius 1 is 0.718 bits per heavy atom. The molecule has 0 saturated carbocycles. The van der Waals surface area contributed by atoms with Gasteiger partial charge in [-0.15, -0.1) is 0 Å². The molecule has 2 saturated heterocycles. The van der Waals surface area contributed by atoms with Crippen LogP contribution in [0.15, 0.2) is 78.9 Å². The van der Waals surface area contributed by atoms with Crippen molar-refractivity contribution in [2.75, 3.05) is 52.5 Å². The second-order valence-corrected chi connectivity index (χ2v) is 11.1. The molecule has 3 aromatic carbocycles. The van der Waals surface area contributed by atoms with Crippen LogP contribution in [-0.4, -0.2) is 73.8 Å². The van der Waals surface area contributed by atoms with Gasteiger partial charge in [-0.25, -0.2) is 0 Å². The van der Waals surface area contributed by atoms with E-state index in [9.17, 15) is 9.59 Å². The summed E-state index contributed by atoms with van der Waals surface area (Å²) < 4.78 is 5.51. The third kappa shape index (κ3) is 6.38. The van der Waals surface area contributed by atoms with Gasteiger partial charge in [0.05, 0.1) is 13.2 Å². The van der Waals surface area contributed by atoms with Crippen molar-refractivity contribution in [3.8, 4) is 0 Å². The molecule has 0 aliphatic carbocycles. The van der Waals surface area contributed by atoms with Crippen LogP contribution in [0.25, 0.3) is 0 Å². The standard InChI is InChI=1S/C34H40N2O3/c1-25-11-9-16-29(26(25)2)32-30(33(37)27-12-5-3-6-13-27)23-36(18-10-17-35-19-21-39-22-20-35)24-31(32)34(38)28-14-7-4-8-15-28/h3-9,11-16,30-32H,10,17-24H2,1-2H3/t30-,31+,32?. The summed E-state index contributed by atoms with van der Waals surface area (Å²) in [6.07, 6.45) is 1.01. The molecular weight excluding hydrogens is 484 g/mol. The Bertz CT molecular complexity index is 1190. The zero-order valence-electron chi connectivity index (χ0n) is 23.2. The van der Waals surface area contributed by atoms with Gasteiger partial charge in [-0.3, -0.25) is 14.5 Å². The van der Waals surface area contributed by atoms with Gasteiger partial charge in [0.15, 0.2) is 11.6 Å². The molecule has 204 valence electrons. The number of carbonyl (C=O) groups is 2. The minimum Gasteiger partial charge on any atom is -0.379 e. The molecule has 2 aliphatic rings. The number of rotatable bonds is 9. The first-order chi connectivity index (χ1) is 19.0. The van der Waals surface area contributed by atoms with Crippen LogP contribution < -0.4 is 0 Å². The topological polar surface area (TPSA) is 49.9 Å². The Morgan fingerprint density at radius 3 is 1.82 bits per heavy atom. The summed E-state index contributed by atoms with van der Waals surface area (Å²) in [5, 5.41) is 0. The van der Waals surface area contributed by atoms with Crippen LogP contribution in [0.3, 0.4) is 0 Å². The van der Waals surface area contributed by atoms with Crippen molar-refractivity contribution in [3.63, 3.8) is 0 Å². The van der Waals surface area contributed by atoms with E-state index in [1.807, 2.05) is 60.7 Å². The van der Waals surface area contributed by atoms with E-state index in [1.54, 1.807) is 0 Å². The number of carbonyl (C=O) groups excluding carboxylic acids is 2. The van der Waals surface area contributed by atoms with Crippen LogP contribution in [0.2, 0.25) is 0 Å². The number of ketones is 2. The fraction of sp³-hybridized carbons (Fsp3) is 0.412. The van der Waals surface area contributed by atoms with E-state index in [-0.39, 0.29) is 29.3 Å². The number of nitrogens with zero attached hydrogens (tertiary/aromatic N) is 2. The lowest BCUT2D eigenvalue weighted by Crippen LogP contribution is -2.51. The van der Waals surface area contributed by atoms with E-state index in [4.69, 9.17) is 4.74 Å². The van der Waals surface area contributed by atoms with Crippen LogP contribution in [0.1, 0.15) is 49.7 Å². The molecule has 2 aliphatic heterocycles. The van der Waals surface area contributed by atoms with Gasteiger partial charge in [0, 0.05) is 55.1 Å². The molecule has 2 heterocycles. The summed E-state index contributed by atoms with van der Waals surface area (Å²) >= 11 is 0. The predicted molar refractivity (Wildman–Crippen MR) is 155 cm³/mol. The maximum absolute atomic E-state index is 14.2. The number of hydrogen-bond acceptors (Lipinski definition) is 5. The number of morpholine rings is 1. The summed E-state index contributed by atoms with van der Waals surface area (Å²) in [5.41, 5.74) is 4.95. The van der Waals surface area contributed by atoms with Gasteiger partial charge in [-0.1, -0.05) is 78.9 Å². The molecule has 1 unspecified atom stereocenters. The van der Waals surface area contributed by atoms with Crippen molar-refractivity contribution in [2.24, 2.45) is 11.8 Å². The van der Waals surface area contributed by atoms with Crippen LogP contribution in [0.5, 0.6) is 0 Å². The summed E-state index contributed by atoms with van der Waals surface area (Å²) in [4.78, 5) is 33.2. The average Bonchev–Trinajstić information content (AvgIpc) is 2.99. The Kier molecular flexibility index (Phi) is 9.02. The van der Waals surface area contributed by atoms with Gasteiger partial charge in [-0.2, -0.15) is 0 Å². The Hall–Kier alpha value is -3.12. The number of hydrogen-bond donors (Lipinski definition) is 0. The fourth-order valence-corrected chi connectivity index (χ4v) is 6.36. The van der Waals surface area contributed by atoms with Gasteiger partial charge in [0.1, 0.15) is 0 Å². The summed E-state index contributed by atoms with van der Waals surface area (Å²) in [6.45, 7) is 11.0. The third-order valence-electron chi connectivity index (χ3n) is 8.62. The van der Waals surface area contributed by atoms with Crippen molar-refractivity contribution < 1.29 is 14.3 Å². The van der Waals surface area contributed by atoms with E-state index in [0.29, 0.717) is 13.1 Å². The number of benzene rings is 3. The fourth-order valence-electron chi connectivity index (χ4n) is 6.36. The average molecular weight is 525 g/mol. The van der Waals surface area contributed by atoms with Crippen LogP contribution >= 0.6 is 0 Å². The van der Waals surface area contributed by atoms with Crippen LogP contribution in [0.4, 0.5) is 0 Å². The highest BCUT2D eigenvalue weighted by atomic mass is 16.5. The molecule has 0 aromatic heterocycles. The first-order valence-corrected chi connectivity index (χ1v) is 14.3. The van der Waals surface area contributed by atoms with Gasteiger partial charge >= 0.3 is 0 Å². The zero-order valence-corrected chi connectivity index (χ0v) is 23.2. The van der Waals surface area contributed by atoms with Gasteiger partial charge in [0.2, 0.25) is 0 Å². The number of aryl methyl sites for hydroxylation is 1. The highest BCUT2D eigenvalue weighted by Gasteiger charge is 2.45. The number of ether oxygens (including phenoxy) is 1. The Balaban J connectivity index is 1.50. The minimum absolute atomic E-state index is 0.130. The van der Waals surface area contributed by atoms with Crippen LogP contribution in [0, 0.1) is 25.7 Å². The minimum atomic E-state index is -0.303. The normalized spacial score (nSPS) is 22.5. The molecule has 0 radical (unpaired) electrons. The lowest BCUT2D eigenvalue weighted by Gasteiger charge is -2.44. The smallest absolute Gasteiger partial charge is 0.167 e. The predicted octanol–water partition coefficient (Wildman–Crippen LogP) is 5.42. The van der Waals surface area contributed by atoms with E-state index in [0.717, 1.165) is 62.5 Å². The molecule has 5 rings (SSSR count). The molecule has 5 heteroatoms. The third-order valence-corrected chi connectivity index (χ3v) is 8.62. The Morgan fingerprint density at radius 2 is 1.26 bits per heavy atom. The van der Waals surface area contributed by atoms with Crippen molar-refractivity contribution in [1.82, 2.24) is 9.80 Å². The van der Waals surface area contributed by atoms with Crippen molar-refractivity contribution in [3.05, 3.63) is 107 Å². The number of piperidine rings is 1. The van der Waals surface area contributed by atoms with Crippen LogP contribution in [-0.2, 0) is 4.74 Å². The van der Waals surface area contributed by atoms with E-state index in [2.05, 4.69) is 41.8 Å². The maximum atomic E-state index is 14.2. The highest BCUT2D eigenvalue weighted by Crippen LogP contribution is 2.42. The second kappa shape index (κ2) is 12.8. The molecular formula is C34H40N2O3. The van der Waals surface area contributed by atoms with Gasteiger partial charge in [0.25, 0.3) is 0 Å². The molecule has 5 nitrogen and oxygen atoms in total. The molecule has 0 spiro atoms. The Labute approximate surface area is 232 Å². The monoisotopic (exact) mass is 524 g/mol. The molecule has 0 N–H and O–H groups in total. The quantitative estimate of drug-likeness (QED) is 0.350. The summed E-state index contributed by atoms with van der Waals surface area (Å²) in [7, 11) is 0. The summed E-state index contributed by atoms with van der Waals surface area (Å²) in [5.74, 6) is -0.526. The van der Waals surface area contributed by atoms with Gasteiger partial charge in [-0.05, 0) is 50.0 Å². The molecule has 2 fully saturated rings. The maximum Gasteiger partial charge on any atom is 0.167 e. The zero-order chi connectivity index (χ0) is 27.2. The van der Waals surface area contributed by atoms with Crippen molar-refractivity contribution in [1.29, 1.82) is 0 Å². The van der Waals surface area contributed by atoms with Crippen molar-refractivity contribution >= 4 is 11.6 Å². The van der Waals surface area contributed by atoms with Gasteiger partial charge < -0.3 is 9.64 Å². The van der Waals surface area contributed by atoms with Crippen molar-refractivity contribution in [2.45, 2.75) is 26.2 Å². The largest absolute Gasteiger partial charge is 0.379 e.